The standard InChI is InChI=1S/C40H46N5O7PSi/c1-27(2)50-53(48,51-28(3)4)29(5)23-30(52-54(40(6,7)8,31-17-11-9-12-18-31)32-19-13-10-14-20-32)24-49-44-26-43-35-36(44)41-25-42-37(35)45-38(46)33-21-15-16-22-34(33)39(45)47/h9-23,25-28,30H,24H2,1-8H3. The lowest BCUT2D eigenvalue weighted by Gasteiger charge is -2.44. The molecule has 3 heterocycles. The van der Waals surface area contributed by atoms with E-state index in [-0.39, 0.29) is 46.9 Å². The molecule has 0 N–H and O–H groups in total. The largest absolute Gasteiger partial charge is 0.408 e. The molecule has 3 aromatic carbocycles. The number of hydrogen-bond donors (Lipinski definition) is 0. The normalized spacial score (nSPS) is 14.7. The average molecular weight is 768 g/mol. The Morgan fingerprint density at radius 2 is 1.31 bits per heavy atom. The molecular weight excluding hydrogens is 722 g/mol. The summed E-state index contributed by atoms with van der Waals surface area (Å²) in [7, 11) is -6.95. The van der Waals surface area contributed by atoms with Gasteiger partial charge < -0.3 is 18.3 Å². The van der Waals surface area contributed by atoms with Crippen LogP contribution in [0.25, 0.3) is 11.2 Å². The molecule has 1 aliphatic rings. The Balaban J connectivity index is 1.43. The van der Waals surface area contributed by atoms with Gasteiger partial charge in [-0.25, -0.2) is 19.9 Å². The number of amides is 2. The monoisotopic (exact) mass is 767 g/mol. The molecule has 5 aromatic rings. The average Bonchev–Trinajstić information content (AvgIpc) is 3.66. The summed E-state index contributed by atoms with van der Waals surface area (Å²) in [6.45, 7) is 15.4. The van der Waals surface area contributed by atoms with Crippen LogP contribution < -0.4 is 20.1 Å². The third-order valence-electron chi connectivity index (χ3n) is 8.97. The molecule has 14 heteroatoms. The highest BCUT2D eigenvalue weighted by Gasteiger charge is 2.51. The van der Waals surface area contributed by atoms with Crippen LogP contribution in [0.2, 0.25) is 5.04 Å². The minimum absolute atomic E-state index is 0.0435. The van der Waals surface area contributed by atoms with Gasteiger partial charge in [0, 0.05) is 5.31 Å². The van der Waals surface area contributed by atoms with Crippen molar-refractivity contribution in [2.45, 2.75) is 78.7 Å². The maximum atomic E-state index is 14.4. The zero-order valence-corrected chi connectivity index (χ0v) is 33.7. The molecule has 0 bridgehead atoms. The number of imide groups is 1. The molecule has 54 heavy (non-hydrogen) atoms. The van der Waals surface area contributed by atoms with E-state index in [2.05, 4.69) is 60.0 Å². The van der Waals surface area contributed by atoms with Crippen LogP contribution in [-0.4, -0.2) is 64.7 Å². The van der Waals surface area contributed by atoms with Crippen LogP contribution in [0.4, 0.5) is 5.82 Å². The SMILES string of the molecule is CC(=CC(COn1cnc2c(N3C(=O)c4ccccc4C3=O)ncnc21)O[Si](c1ccccc1)(c1ccccc1)C(C)(C)C)P(=O)(OC(C)C)OC(C)C. The van der Waals surface area contributed by atoms with E-state index in [9.17, 15) is 14.2 Å². The molecule has 0 fully saturated rings. The van der Waals surface area contributed by atoms with E-state index in [1.54, 1.807) is 37.3 Å². The number of benzene rings is 3. The number of nitrogens with zero attached hydrogens (tertiary/aromatic N) is 5. The van der Waals surface area contributed by atoms with Crippen molar-refractivity contribution < 1.29 is 32.5 Å². The van der Waals surface area contributed by atoms with Gasteiger partial charge in [0.1, 0.15) is 25.4 Å². The first-order chi connectivity index (χ1) is 25.7. The van der Waals surface area contributed by atoms with Crippen LogP contribution in [0.5, 0.6) is 0 Å². The summed E-state index contributed by atoms with van der Waals surface area (Å²) in [6.07, 6.45) is 2.88. The van der Waals surface area contributed by atoms with E-state index in [4.69, 9.17) is 18.3 Å². The third-order valence-corrected chi connectivity index (χ3v) is 16.4. The van der Waals surface area contributed by atoms with Gasteiger partial charge in [0.2, 0.25) is 5.65 Å². The van der Waals surface area contributed by atoms with Gasteiger partial charge >= 0.3 is 7.60 Å². The summed E-state index contributed by atoms with van der Waals surface area (Å²) >= 11 is 0. The number of anilines is 1. The number of aromatic nitrogens is 4. The minimum Gasteiger partial charge on any atom is -0.408 e. The van der Waals surface area contributed by atoms with Crippen molar-refractivity contribution in [1.82, 2.24) is 19.7 Å². The van der Waals surface area contributed by atoms with E-state index in [0.717, 1.165) is 15.3 Å². The van der Waals surface area contributed by atoms with Gasteiger partial charge in [-0.3, -0.25) is 14.2 Å². The number of carbonyl (C=O) groups is 2. The van der Waals surface area contributed by atoms with E-state index in [1.165, 1.54) is 17.4 Å². The van der Waals surface area contributed by atoms with Crippen LogP contribution in [0.15, 0.2) is 109 Å². The number of hydrogen-bond acceptors (Lipinski definition) is 10. The van der Waals surface area contributed by atoms with Gasteiger partial charge in [-0.05, 0) is 68.2 Å². The quantitative estimate of drug-likeness (QED) is 0.0664. The predicted molar refractivity (Wildman–Crippen MR) is 211 cm³/mol. The van der Waals surface area contributed by atoms with Crippen molar-refractivity contribution in [2.75, 3.05) is 11.5 Å². The molecule has 0 spiro atoms. The summed E-state index contributed by atoms with van der Waals surface area (Å²) < 4.78 is 35.2. The lowest BCUT2D eigenvalue weighted by Crippen LogP contribution is -2.68. The highest BCUT2D eigenvalue weighted by molar-refractivity contribution is 7.58. The van der Waals surface area contributed by atoms with E-state index in [0.29, 0.717) is 5.31 Å². The third kappa shape index (κ3) is 7.47. The Bertz CT molecular complexity index is 2130. The molecule has 0 radical (unpaired) electrons. The van der Waals surface area contributed by atoms with Crippen molar-refractivity contribution in [3.63, 3.8) is 0 Å². The molecule has 1 atom stereocenters. The van der Waals surface area contributed by atoms with Crippen molar-refractivity contribution in [3.05, 3.63) is 120 Å². The van der Waals surface area contributed by atoms with Gasteiger partial charge in [0.05, 0.1) is 23.3 Å². The number of fused-ring (bicyclic) bond motifs is 2. The van der Waals surface area contributed by atoms with Crippen LogP contribution in [0.1, 0.15) is 76.1 Å². The topological polar surface area (TPSA) is 135 Å². The molecule has 12 nitrogen and oxygen atoms in total. The Kier molecular flexibility index (Phi) is 11.2. The van der Waals surface area contributed by atoms with Gasteiger partial charge in [0.25, 0.3) is 20.1 Å². The van der Waals surface area contributed by atoms with Crippen molar-refractivity contribution in [1.29, 1.82) is 0 Å². The number of allylic oxidation sites excluding steroid dienone is 1. The van der Waals surface area contributed by atoms with Crippen LogP contribution in [0.3, 0.4) is 0 Å². The molecular formula is C40H46N5O7PSi. The fraction of sp³-hybridized carbons (Fsp3) is 0.325. The van der Waals surface area contributed by atoms with Gasteiger partial charge in [-0.1, -0.05) is 93.6 Å². The summed E-state index contributed by atoms with van der Waals surface area (Å²) in [5, 5.41) is 2.08. The highest BCUT2D eigenvalue weighted by Crippen LogP contribution is 2.58. The molecule has 2 aromatic heterocycles. The van der Waals surface area contributed by atoms with Crippen LogP contribution in [0, 0.1) is 0 Å². The smallest absolute Gasteiger partial charge is 0.357 e. The lowest BCUT2D eigenvalue weighted by molar-refractivity contribution is 0.0574. The van der Waals surface area contributed by atoms with Gasteiger partial charge in [-0.2, -0.15) is 4.73 Å². The fourth-order valence-corrected chi connectivity index (χ4v) is 13.2. The maximum absolute atomic E-state index is 14.4. The molecule has 2 amide bonds. The van der Waals surface area contributed by atoms with Crippen LogP contribution in [-0.2, 0) is 18.0 Å². The minimum atomic E-state index is -3.77. The first-order valence-electron chi connectivity index (χ1n) is 17.9. The maximum Gasteiger partial charge on any atom is 0.357 e. The van der Waals surface area contributed by atoms with Gasteiger partial charge in [-0.15, -0.1) is 0 Å². The van der Waals surface area contributed by atoms with Crippen molar-refractivity contribution in [3.8, 4) is 0 Å². The second-order valence-corrected chi connectivity index (χ2v) is 21.0. The highest BCUT2D eigenvalue weighted by atomic mass is 31.2. The van der Waals surface area contributed by atoms with Crippen molar-refractivity contribution >= 4 is 55.1 Å². The number of imidazole rings is 1. The van der Waals surface area contributed by atoms with E-state index >= 15 is 0 Å². The van der Waals surface area contributed by atoms with Crippen molar-refractivity contribution in [2.24, 2.45) is 0 Å². The first kappa shape index (κ1) is 38.9. The first-order valence-corrected chi connectivity index (χ1v) is 21.3. The Labute approximate surface area is 316 Å². The van der Waals surface area contributed by atoms with Crippen LogP contribution >= 0.6 is 7.60 Å². The molecule has 6 rings (SSSR count). The molecule has 1 unspecified atom stereocenters. The summed E-state index contributed by atoms with van der Waals surface area (Å²) in [5.41, 5.74) is 1.01. The Hall–Kier alpha value is -4.78. The second kappa shape index (κ2) is 15.5. The summed E-state index contributed by atoms with van der Waals surface area (Å²) in [6, 6.07) is 27.0. The van der Waals surface area contributed by atoms with E-state index in [1.807, 2.05) is 64.1 Å². The fourth-order valence-electron chi connectivity index (χ4n) is 6.74. The summed E-state index contributed by atoms with van der Waals surface area (Å²) in [4.78, 5) is 47.3. The zero-order valence-electron chi connectivity index (χ0n) is 31.8. The molecule has 1 aliphatic heterocycles. The Morgan fingerprint density at radius 3 is 1.81 bits per heavy atom. The molecule has 0 aliphatic carbocycles. The zero-order chi connectivity index (χ0) is 38.8. The molecule has 0 saturated carbocycles. The summed E-state index contributed by atoms with van der Waals surface area (Å²) in [5.74, 6) is -0.953. The Morgan fingerprint density at radius 1 is 0.796 bits per heavy atom. The lowest BCUT2D eigenvalue weighted by atomic mass is 10.1. The predicted octanol–water partition coefficient (Wildman–Crippen LogP) is 6.95. The van der Waals surface area contributed by atoms with Gasteiger partial charge in [0.15, 0.2) is 11.3 Å². The van der Waals surface area contributed by atoms with E-state index < -0.39 is 38.9 Å². The molecule has 0 saturated heterocycles. The molecule has 282 valence electrons. The second-order valence-electron chi connectivity index (χ2n) is 14.7. The number of carbonyl (C=O) groups excluding carboxylic acids is 2. The number of rotatable bonds is 14.